The summed E-state index contributed by atoms with van der Waals surface area (Å²) in [6.07, 6.45) is 5.44. The van der Waals surface area contributed by atoms with Gasteiger partial charge in [-0.05, 0) is 80.6 Å². The zero-order valence-electron chi connectivity index (χ0n) is 18.3. The van der Waals surface area contributed by atoms with Crippen molar-refractivity contribution in [1.29, 1.82) is 0 Å². The van der Waals surface area contributed by atoms with Crippen molar-refractivity contribution in [3.8, 4) is 0 Å². The molecule has 4 rings (SSSR count). The molecule has 0 atom stereocenters. The summed E-state index contributed by atoms with van der Waals surface area (Å²) in [6.45, 7) is 3.39. The van der Waals surface area contributed by atoms with E-state index in [2.05, 4.69) is 10.6 Å². The first-order chi connectivity index (χ1) is 15.6. The number of rotatable bonds is 6. The Bertz CT molecular complexity index is 944. The van der Waals surface area contributed by atoms with Crippen LogP contribution in [0.2, 0.25) is 0 Å². The van der Waals surface area contributed by atoms with Crippen LogP contribution in [-0.4, -0.2) is 60.2 Å². The lowest BCUT2D eigenvalue weighted by molar-refractivity contribution is -0.114. The monoisotopic (exact) mass is 434 g/mol. The van der Waals surface area contributed by atoms with Gasteiger partial charge in [-0.15, -0.1) is 0 Å². The predicted octanol–water partition coefficient (Wildman–Crippen LogP) is 3.60. The molecule has 0 saturated carbocycles. The molecule has 0 aliphatic carbocycles. The highest BCUT2D eigenvalue weighted by atomic mass is 16.2. The van der Waals surface area contributed by atoms with E-state index >= 15 is 0 Å². The minimum absolute atomic E-state index is 0.0518. The van der Waals surface area contributed by atoms with E-state index in [1.54, 1.807) is 36.4 Å². The third-order valence-electron chi connectivity index (χ3n) is 6.04. The normalized spacial score (nSPS) is 16.0. The summed E-state index contributed by atoms with van der Waals surface area (Å²) in [7, 11) is 0. The van der Waals surface area contributed by atoms with Crippen molar-refractivity contribution in [3.63, 3.8) is 0 Å². The summed E-state index contributed by atoms with van der Waals surface area (Å²) in [5, 5.41) is 5.91. The van der Waals surface area contributed by atoms with E-state index in [1.165, 1.54) is 6.42 Å². The molecule has 0 radical (unpaired) electrons. The third kappa shape index (κ3) is 5.46. The van der Waals surface area contributed by atoms with E-state index in [1.807, 2.05) is 21.9 Å². The van der Waals surface area contributed by atoms with Gasteiger partial charge in [-0.2, -0.15) is 0 Å². The summed E-state index contributed by atoms with van der Waals surface area (Å²) >= 11 is 0. The summed E-state index contributed by atoms with van der Waals surface area (Å²) in [4.78, 5) is 41.0. The largest absolute Gasteiger partial charge is 0.376 e. The molecule has 3 amide bonds. The SMILES string of the molecule is O=C(CNc1ccc(C(=O)N2CCCC2)cc1)Nc1ccc(C(=O)N2CCCCC2)cc1. The lowest BCUT2D eigenvalue weighted by atomic mass is 10.1. The first-order valence-electron chi connectivity index (χ1n) is 11.4. The van der Waals surface area contributed by atoms with Crippen LogP contribution in [0.4, 0.5) is 11.4 Å². The van der Waals surface area contributed by atoms with Crippen molar-refractivity contribution in [2.45, 2.75) is 32.1 Å². The van der Waals surface area contributed by atoms with Crippen molar-refractivity contribution in [2.24, 2.45) is 0 Å². The van der Waals surface area contributed by atoms with Crippen molar-refractivity contribution in [1.82, 2.24) is 9.80 Å². The van der Waals surface area contributed by atoms with Crippen molar-refractivity contribution in [2.75, 3.05) is 43.4 Å². The average molecular weight is 435 g/mol. The molecule has 0 unspecified atom stereocenters. The van der Waals surface area contributed by atoms with E-state index in [4.69, 9.17) is 0 Å². The second-order valence-electron chi connectivity index (χ2n) is 8.41. The molecule has 168 valence electrons. The first-order valence-corrected chi connectivity index (χ1v) is 11.4. The highest BCUT2D eigenvalue weighted by molar-refractivity contribution is 5.97. The number of hydrogen-bond donors (Lipinski definition) is 2. The van der Waals surface area contributed by atoms with E-state index in [-0.39, 0.29) is 24.3 Å². The fraction of sp³-hybridized carbons (Fsp3) is 0.400. The van der Waals surface area contributed by atoms with Gasteiger partial charge in [0.1, 0.15) is 0 Å². The maximum absolute atomic E-state index is 12.5. The van der Waals surface area contributed by atoms with Crippen LogP contribution in [0.3, 0.4) is 0 Å². The lowest BCUT2D eigenvalue weighted by Crippen LogP contribution is -2.35. The lowest BCUT2D eigenvalue weighted by Gasteiger charge is -2.26. The molecule has 0 aromatic heterocycles. The highest BCUT2D eigenvalue weighted by Gasteiger charge is 2.19. The fourth-order valence-corrected chi connectivity index (χ4v) is 4.20. The number of hydrogen-bond acceptors (Lipinski definition) is 4. The Morgan fingerprint density at radius 3 is 1.56 bits per heavy atom. The Morgan fingerprint density at radius 1 is 0.625 bits per heavy atom. The Kier molecular flexibility index (Phi) is 7.04. The van der Waals surface area contributed by atoms with Gasteiger partial charge in [-0.25, -0.2) is 0 Å². The Labute approximate surface area is 188 Å². The Hall–Kier alpha value is -3.35. The van der Waals surface area contributed by atoms with Crippen molar-refractivity contribution < 1.29 is 14.4 Å². The number of piperidine rings is 1. The van der Waals surface area contributed by atoms with Crippen LogP contribution in [0.1, 0.15) is 52.8 Å². The van der Waals surface area contributed by atoms with Gasteiger partial charge in [-0.1, -0.05) is 0 Å². The zero-order valence-corrected chi connectivity index (χ0v) is 18.3. The molecule has 2 aliphatic heterocycles. The standard InChI is InChI=1S/C25H30N4O3/c30-23(18-26-21-10-6-19(7-11-21)24(31)29-16-4-5-17-29)27-22-12-8-20(9-13-22)25(32)28-14-2-1-3-15-28/h6-13,26H,1-5,14-18H2,(H,27,30). The minimum atomic E-state index is -0.183. The topological polar surface area (TPSA) is 81.8 Å². The quantitative estimate of drug-likeness (QED) is 0.728. The van der Waals surface area contributed by atoms with Crippen LogP contribution in [0.25, 0.3) is 0 Å². The second-order valence-corrected chi connectivity index (χ2v) is 8.41. The van der Waals surface area contributed by atoms with Gasteiger partial charge in [0, 0.05) is 48.7 Å². The number of anilines is 2. The number of carbonyl (C=O) groups is 3. The molecular weight excluding hydrogens is 404 g/mol. The first kappa shape index (κ1) is 21.9. The third-order valence-corrected chi connectivity index (χ3v) is 6.04. The van der Waals surface area contributed by atoms with E-state index in [0.717, 1.165) is 57.5 Å². The van der Waals surface area contributed by atoms with Crippen LogP contribution in [0.15, 0.2) is 48.5 Å². The molecule has 2 N–H and O–H groups in total. The van der Waals surface area contributed by atoms with E-state index in [9.17, 15) is 14.4 Å². The van der Waals surface area contributed by atoms with Crippen LogP contribution in [0, 0.1) is 0 Å². The molecule has 2 aliphatic rings. The van der Waals surface area contributed by atoms with Crippen LogP contribution < -0.4 is 10.6 Å². The number of nitrogens with zero attached hydrogens (tertiary/aromatic N) is 2. The van der Waals surface area contributed by atoms with Crippen LogP contribution in [-0.2, 0) is 4.79 Å². The number of benzene rings is 2. The van der Waals surface area contributed by atoms with E-state index in [0.29, 0.717) is 16.8 Å². The van der Waals surface area contributed by atoms with Crippen LogP contribution >= 0.6 is 0 Å². The summed E-state index contributed by atoms with van der Waals surface area (Å²) in [5.74, 6) is -0.0674. The van der Waals surface area contributed by atoms with Gasteiger partial charge in [0.2, 0.25) is 5.91 Å². The van der Waals surface area contributed by atoms with Gasteiger partial charge in [0.25, 0.3) is 11.8 Å². The van der Waals surface area contributed by atoms with Crippen LogP contribution in [0.5, 0.6) is 0 Å². The summed E-state index contributed by atoms with van der Waals surface area (Å²) in [6, 6.07) is 14.3. The molecule has 2 saturated heterocycles. The number of amides is 3. The highest BCUT2D eigenvalue weighted by Crippen LogP contribution is 2.17. The van der Waals surface area contributed by atoms with Gasteiger partial charge in [0.15, 0.2) is 0 Å². The Balaban J connectivity index is 1.24. The summed E-state index contributed by atoms with van der Waals surface area (Å²) in [5.41, 5.74) is 2.74. The maximum Gasteiger partial charge on any atom is 0.253 e. The van der Waals surface area contributed by atoms with Gasteiger partial charge >= 0.3 is 0 Å². The molecule has 0 bridgehead atoms. The zero-order chi connectivity index (χ0) is 22.3. The van der Waals surface area contributed by atoms with Gasteiger partial charge in [0.05, 0.1) is 6.54 Å². The molecule has 32 heavy (non-hydrogen) atoms. The minimum Gasteiger partial charge on any atom is -0.376 e. The number of likely N-dealkylation sites (tertiary alicyclic amines) is 2. The van der Waals surface area contributed by atoms with Crippen molar-refractivity contribution in [3.05, 3.63) is 59.7 Å². The smallest absolute Gasteiger partial charge is 0.253 e. The molecular formula is C25H30N4O3. The number of carbonyl (C=O) groups excluding carboxylic acids is 3. The predicted molar refractivity (Wildman–Crippen MR) is 125 cm³/mol. The molecule has 7 nitrogen and oxygen atoms in total. The van der Waals surface area contributed by atoms with Crippen molar-refractivity contribution >= 4 is 29.1 Å². The van der Waals surface area contributed by atoms with Gasteiger partial charge in [-0.3, -0.25) is 14.4 Å². The second kappa shape index (κ2) is 10.3. The summed E-state index contributed by atoms with van der Waals surface area (Å²) < 4.78 is 0. The molecule has 7 heteroatoms. The van der Waals surface area contributed by atoms with E-state index < -0.39 is 0 Å². The molecule has 2 aromatic carbocycles. The molecule has 2 fully saturated rings. The van der Waals surface area contributed by atoms with Gasteiger partial charge < -0.3 is 20.4 Å². The fourth-order valence-electron chi connectivity index (χ4n) is 4.20. The molecule has 2 aromatic rings. The molecule has 2 heterocycles. The molecule has 0 spiro atoms. The maximum atomic E-state index is 12.5. The Morgan fingerprint density at radius 2 is 1.06 bits per heavy atom. The average Bonchev–Trinajstić information content (AvgIpc) is 3.38. The number of nitrogens with one attached hydrogen (secondary N) is 2.